The van der Waals surface area contributed by atoms with E-state index in [2.05, 4.69) is 68.9 Å². The van der Waals surface area contributed by atoms with Crippen LogP contribution in [0.1, 0.15) is 17.5 Å². The molecule has 4 heteroatoms. The maximum absolute atomic E-state index is 6.25. The minimum absolute atomic E-state index is 0. The van der Waals surface area contributed by atoms with Crippen molar-refractivity contribution in [2.24, 2.45) is 0 Å². The van der Waals surface area contributed by atoms with E-state index in [0.717, 1.165) is 18.0 Å². The summed E-state index contributed by atoms with van der Waals surface area (Å²) in [6.45, 7) is 1.12. The Kier molecular flexibility index (Phi) is 8.78. The molecule has 1 nitrogen and oxygen atoms in total. The van der Waals surface area contributed by atoms with E-state index in [4.69, 9.17) is 11.6 Å². The lowest BCUT2D eigenvalue weighted by Gasteiger charge is -2.14. The van der Waals surface area contributed by atoms with E-state index in [9.17, 15) is 0 Å². The van der Waals surface area contributed by atoms with Gasteiger partial charge in [0.25, 0.3) is 0 Å². The van der Waals surface area contributed by atoms with Gasteiger partial charge in [0.1, 0.15) is 0 Å². The number of quaternary nitrogens is 1. The summed E-state index contributed by atoms with van der Waals surface area (Å²) in [7, 11) is 4.37. The van der Waals surface area contributed by atoms with Crippen molar-refractivity contribution < 1.29 is 17.3 Å². The Morgan fingerprint density at radius 3 is 2.43 bits per heavy atom. The lowest BCUT2D eigenvalue weighted by Crippen LogP contribution is -3.05. The summed E-state index contributed by atoms with van der Waals surface area (Å²) < 4.78 is 0. The normalized spacial score (nSPS) is 11.4. The van der Waals surface area contributed by atoms with E-state index in [1.807, 2.05) is 6.07 Å². The van der Waals surface area contributed by atoms with Crippen LogP contribution in [0.3, 0.4) is 0 Å². The first-order valence-electron chi connectivity index (χ1n) is 7.50. The van der Waals surface area contributed by atoms with E-state index in [1.54, 1.807) is 11.8 Å². The zero-order chi connectivity index (χ0) is 15.9. The zero-order valence-corrected chi connectivity index (χ0v) is 16.1. The molecule has 0 atom stereocenters. The van der Waals surface area contributed by atoms with Gasteiger partial charge in [-0.25, -0.2) is 0 Å². The fourth-order valence-corrected chi connectivity index (χ4v) is 3.16. The lowest BCUT2D eigenvalue weighted by atomic mass is 9.96. The highest BCUT2D eigenvalue weighted by Crippen LogP contribution is 2.33. The first kappa shape index (κ1) is 20.1. The molecular formula is C19H23Cl2NS. The van der Waals surface area contributed by atoms with Gasteiger partial charge in [0.05, 0.1) is 20.6 Å². The molecule has 0 aliphatic rings. The van der Waals surface area contributed by atoms with Crippen LogP contribution in [-0.2, 0) is 0 Å². The number of rotatable bonds is 6. The van der Waals surface area contributed by atoms with Crippen LogP contribution in [0.2, 0.25) is 5.02 Å². The molecule has 0 radical (unpaired) electrons. The van der Waals surface area contributed by atoms with E-state index in [-0.39, 0.29) is 12.4 Å². The second kappa shape index (κ2) is 10.0. The smallest absolute Gasteiger partial charge is 0.0802 e. The van der Waals surface area contributed by atoms with Gasteiger partial charge in [-0.3, -0.25) is 0 Å². The van der Waals surface area contributed by atoms with E-state index in [1.165, 1.54) is 26.5 Å². The predicted octanol–water partition coefficient (Wildman–Crippen LogP) is 1.03. The third-order valence-corrected chi connectivity index (χ3v) is 4.56. The molecule has 2 rings (SSSR count). The van der Waals surface area contributed by atoms with Crippen molar-refractivity contribution in [1.82, 2.24) is 0 Å². The molecule has 2 aromatic rings. The van der Waals surface area contributed by atoms with Crippen LogP contribution < -0.4 is 17.3 Å². The second-order valence-electron chi connectivity index (χ2n) is 5.57. The van der Waals surface area contributed by atoms with Crippen molar-refractivity contribution in [1.29, 1.82) is 0 Å². The molecule has 0 amide bonds. The van der Waals surface area contributed by atoms with Gasteiger partial charge in [0.2, 0.25) is 0 Å². The monoisotopic (exact) mass is 367 g/mol. The molecule has 0 aliphatic carbocycles. The van der Waals surface area contributed by atoms with Gasteiger partial charge < -0.3 is 17.3 Å². The molecule has 0 aliphatic heterocycles. The van der Waals surface area contributed by atoms with E-state index in [0.29, 0.717) is 0 Å². The summed E-state index contributed by atoms with van der Waals surface area (Å²) in [6.07, 6.45) is 5.50. The Morgan fingerprint density at radius 1 is 1.13 bits per heavy atom. The Balaban J connectivity index is 0.00000264. The predicted molar refractivity (Wildman–Crippen MR) is 99.0 cm³/mol. The average molecular weight is 368 g/mol. The summed E-state index contributed by atoms with van der Waals surface area (Å²) in [5.74, 6) is 0. The summed E-state index contributed by atoms with van der Waals surface area (Å²) in [5, 5.41) is 0.785. The topological polar surface area (TPSA) is 4.44 Å². The summed E-state index contributed by atoms with van der Waals surface area (Å²) in [5.41, 5.74) is 3.74. The minimum Gasteiger partial charge on any atom is -1.00 e. The fraction of sp³-hybridized carbons (Fsp3) is 0.263. The van der Waals surface area contributed by atoms with Gasteiger partial charge in [0, 0.05) is 16.3 Å². The maximum Gasteiger partial charge on any atom is 0.0802 e. The quantitative estimate of drug-likeness (QED) is 0.747. The molecular weight excluding hydrogens is 345 g/mol. The molecule has 124 valence electrons. The third-order valence-electron chi connectivity index (χ3n) is 3.53. The maximum atomic E-state index is 6.25. The average Bonchev–Trinajstić information content (AvgIpc) is 2.52. The number of halogens is 2. The fourth-order valence-electron chi connectivity index (χ4n) is 2.40. The molecule has 0 heterocycles. The third kappa shape index (κ3) is 5.89. The van der Waals surface area contributed by atoms with Crippen LogP contribution in [0.25, 0.3) is 5.57 Å². The Labute approximate surface area is 155 Å². The summed E-state index contributed by atoms with van der Waals surface area (Å²) >= 11 is 8.01. The van der Waals surface area contributed by atoms with Gasteiger partial charge in [-0.2, -0.15) is 0 Å². The molecule has 0 saturated carbocycles. The summed E-state index contributed by atoms with van der Waals surface area (Å²) in [6, 6.07) is 16.7. The molecule has 2 aromatic carbocycles. The number of benzene rings is 2. The highest BCUT2D eigenvalue weighted by atomic mass is 35.5. The van der Waals surface area contributed by atoms with Gasteiger partial charge >= 0.3 is 0 Å². The van der Waals surface area contributed by atoms with Gasteiger partial charge in [0.15, 0.2) is 0 Å². The van der Waals surface area contributed by atoms with Gasteiger partial charge in [-0.1, -0.05) is 48.0 Å². The van der Waals surface area contributed by atoms with E-state index < -0.39 is 0 Å². The van der Waals surface area contributed by atoms with Crippen molar-refractivity contribution in [3.05, 3.63) is 70.8 Å². The molecule has 1 N–H and O–H groups in total. The number of nitrogens with one attached hydrogen (secondary N) is 1. The number of thioether (sulfide) groups is 1. The number of hydrogen-bond acceptors (Lipinski definition) is 1. The molecule has 0 unspecified atom stereocenters. The second-order valence-corrected chi connectivity index (χ2v) is 6.86. The van der Waals surface area contributed by atoms with Gasteiger partial charge in [-0.05, 0) is 41.2 Å². The van der Waals surface area contributed by atoms with Crippen LogP contribution in [0.4, 0.5) is 0 Å². The Hall–Kier alpha value is -0.930. The number of hydrogen-bond donors (Lipinski definition) is 1. The van der Waals surface area contributed by atoms with Crippen molar-refractivity contribution in [2.45, 2.75) is 11.3 Å². The van der Waals surface area contributed by atoms with Crippen molar-refractivity contribution in [2.75, 3.05) is 26.9 Å². The molecule has 0 aromatic heterocycles. The Morgan fingerprint density at radius 2 is 1.83 bits per heavy atom. The first-order valence-corrected chi connectivity index (χ1v) is 9.10. The molecule has 0 fully saturated rings. The molecule has 0 bridgehead atoms. The van der Waals surface area contributed by atoms with Crippen molar-refractivity contribution in [3.8, 4) is 0 Å². The minimum atomic E-state index is 0. The van der Waals surface area contributed by atoms with Crippen molar-refractivity contribution >= 4 is 28.9 Å². The molecule has 0 spiro atoms. The van der Waals surface area contributed by atoms with Crippen LogP contribution in [0.15, 0.2) is 59.5 Å². The Bertz CT molecular complexity index is 639. The first-order chi connectivity index (χ1) is 10.6. The SMILES string of the molecule is CSc1ccc(Cl)cc1/C(=C/CC[NH+](C)C)c1ccccc1.[Cl-]. The van der Waals surface area contributed by atoms with Crippen LogP contribution in [0.5, 0.6) is 0 Å². The van der Waals surface area contributed by atoms with Crippen LogP contribution in [-0.4, -0.2) is 26.9 Å². The van der Waals surface area contributed by atoms with E-state index >= 15 is 0 Å². The molecule has 0 saturated heterocycles. The van der Waals surface area contributed by atoms with Crippen molar-refractivity contribution in [3.63, 3.8) is 0 Å². The lowest BCUT2D eigenvalue weighted by molar-refractivity contribution is -0.857. The highest BCUT2D eigenvalue weighted by molar-refractivity contribution is 7.98. The highest BCUT2D eigenvalue weighted by Gasteiger charge is 2.10. The zero-order valence-electron chi connectivity index (χ0n) is 13.8. The largest absolute Gasteiger partial charge is 1.00 e. The molecule has 23 heavy (non-hydrogen) atoms. The van der Waals surface area contributed by atoms with Gasteiger partial charge in [-0.15, -0.1) is 11.8 Å². The van der Waals surface area contributed by atoms with Crippen LogP contribution >= 0.6 is 23.4 Å². The van der Waals surface area contributed by atoms with Crippen LogP contribution in [0, 0.1) is 0 Å². The standard InChI is InChI=1S/C19H22ClNS.ClH/c1-21(2)13-7-10-17(15-8-5-4-6-9-15)18-14-16(20)11-12-19(18)22-3;/h4-6,8-12,14H,7,13H2,1-3H3;1H/b17-10+;. The summed E-state index contributed by atoms with van der Waals surface area (Å²) in [4.78, 5) is 2.72.